The number of benzene rings is 2. The topological polar surface area (TPSA) is 46.2 Å². The second-order valence-corrected chi connectivity index (χ2v) is 9.74. The van der Waals surface area contributed by atoms with Crippen molar-refractivity contribution in [1.29, 1.82) is 0 Å². The molecular weight excluding hydrogens is 350 g/mol. The van der Waals surface area contributed by atoms with Crippen molar-refractivity contribution in [3.63, 3.8) is 0 Å². The first-order chi connectivity index (χ1) is 13.1. The molecule has 0 amide bonds. The average Bonchev–Trinajstić information content (AvgIpc) is 3.10. The Bertz CT molecular complexity index is 805. The zero-order chi connectivity index (χ0) is 18.9. The molecule has 1 saturated carbocycles. The molecule has 3 N–H and O–H groups in total. The second kappa shape index (κ2) is 7.98. The van der Waals surface area contributed by atoms with Crippen LogP contribution in [0, 0.1) is 12.8 Å². The normalized spacial score (nSPS) is 27.5. The summed E-state index contributed by atoms with van der Waals surface area (Å²) in [5.74, 6) is 2.49. The fourth-order valence-electron chi connectivity index (χ4n) is 4.76. The van der Waals surface area contributed by atoms with Gasteiger partial charge in [0.1, 0.15) is 0 Å². The molecule has 3 heteroatoms. The van der Waals surface area contributed by atoms with Gasteiger partial charge >= 0.3 is 0 Å². The van der Waals surface area contributed by atoms with Gasteiger partial charge in [-0.25, -0.2) is 0 Å². The highest BCUT2D eigenvalue weighted by molar-refractivity contribution is 7.99. The fraction of sp³-hybridized carbons (Fsp3) is 0.500. The van der Waals surface area contributed by atoms with Crippen LogP contribution in [0.3, 0.4) is 0 Å². The summed E-state index contributed by atoms with van der Waals surface area (Å²) in [5.41, 5.74) is 11.8. The van der Waals surface area contributed by atoms with Crippen LogP contribution in [0.25, 0.3) is 0 Å². The molecule has 0 unspecified atom stereocenters. The molecule has 2 aliphatic carbocycles. The first kappa shape index (κ1) is 19.0. The molecule has 3 atom stereocenters. The van der Waals surface area contributed by atoms with Gasteiger partial charge in [-0.05, 0) is 85.6 Å². The monoisotopic (exact) mass is 381 g/mol. The maximum absolute atomic E-state index is 9.53. The molecule has 144 valence electrons. The number of rotatable bonds is 5. The summed E-state index contributed by atoms with van der Waals surface area (Å²) in [5, 5.41) is 9.53. The lowest BCUT2D eigenvalue weighted by Crippen LogP contribution is -2.40. The van der Waals surface area contributed by atoms with Crippen molar-refractivity contribution in [2.45, 2.75) is 61.8 Å². The van der Waals surface area contributed by atoms with Gasteiger partial charge in [0, 0.05) is 16.2 Å². The third kappa shape index (κ3) is 4.26. The summed E-state index contributed by atoms with van der Waals surface area (Å²) in [6.45, 7) is 2.31. The molecule has 27 heavy (non-hydrogen) atoms. The molecule has 0 heterocycles. The Hall–Kier alpha value is -1.29. The summed E-state index contributed by atoms with van der Waals surface area (Å²) < 4.78 is 0. The summed E-state index contributed by atoms with van der Waals surface area (Å²) in [6, 6.07) is 15.8. The van der Waals surface area contributed by atoms with Crippen molar-refractivity contribution in [3.05, 3.63) is 64.7 Å². The third-order valence-electron chi connectivity index (χ3n) is 6.56. The van der Waals surface area contributed by atoms with Gasteiger partial charge in [0.15, 0.2) is 0 Å². The van der Waals surface area contributed by atoms with Crippen LogP contribution in [-0.4, -0.2) is 23.0 Å². The minimum absolute atomic E-state index is 0.106. The van der Waals surface area contributed by atoms with E-state index < -0.39 is 0 Å². The lowest BCUT2D eigenvalue weighted by molar-refractivity contribution is 0.198. The third-order valence-corrected chi connectivity index (χ3v) is 7.97. The Balaban J connectivity index is 1.39. The highest BCUT2D eigenvalue weighted by atomic mass is 32.2. The Kier molecular flexibility index (Phi) is 5.63. The quantitative estimate of drug-likeness (QED) is 0.728. The van der Waals surface area contributed by atoms with Crippen molar-refractivity contribution >= 4 is 11.8 Å². The maximum Gasteiger partial charge on any atom is 0.0611 e. The number of nitrogens with two attached hydrogens (primary N) is 1. The van der Waals surface area contributed by atoms with E-state index in [1.807, 2.05) is 11.8 Å². The molecule has 0 aromatic heterocycles. The molecular formula is C24H31NOS. The first-order valence-corrected chi connectivity index (χ1v) is 11.2. The summed E-state index contributed by atoms with van der Waals surface area (Å²) in [6.07, 6.45) is 6.64. The van der Waals surface area contributed by atoms with Crippen molar-refractivity contribution in [1.82, 2.24) is 0 Å². The van der Waals surface area contributed by atoms with E-state index in [0.29, 0.717) is 5.92 Å². The van der Waals surface area contributed by atoms with E-state index in [2.05, 4.69) is 49.4 Å². The van der Waals surface area contributed by atoms with E-state index >= 15 is 0 Å². The van der Waals surface area contributed by atoms with Gasteiger partial charge in [0.25, 0.3) is 0 Å². The van der Waals surface area contributed by atoms with Crippen molar-refractivity contribution in [2.24, 2.45) is 11.7 Å². The predicted molar refractivity (Wildman–Crippen MR) is 114 cm³/mol. The Morgan fingerprint density at radius 2 is 2.00 bits per heavy atom. The van der Waals surface area contributed by atoms with Crippen molar-refractivity contribution < 1.29 is 5.11 Å². The molecule has 0 bridgehead atoms. The predicted octanol–water partition coefficient (Wildman–Crippen LogP) is 4.85. The number of aliphatic hydroxyl groups excluding tert-OH is 1. The van der Waals surface area contributed by atoms with E-state index in [9.17, 15) is 5.11 Å². The van der Waals surface area contributed by atoms with Crippen LogP contribution in [0.1, 0.15) is 53.9 Å². The molecule has 2 aromatic carbocycles. The lowest BCUT2D eigenvalue weighted by atomic mass is 9.82. The van der Waals surface area contributed by atoms with Crippen LogP contribution in [0.4, 0.5) is 0 Å². The summed E-state index contributed by atoms with van der Waals surface area (Å²) in [4.78, 5) is 1.43. The van der Waals surface area contributed by atoms with Gasteiger partial charge in [-0.2, -0.15) is 0 Å². The van der Waals surface area contributed by atoms with E-state index in [0.717, 1.165) is 25.2 Å². The van der Waals surface area contributed by atoms with Gasteiger partial charge in [-0.3, -0.25) is 0 Å². The summed E-state index contributed by atoms with van der Waals surface area (Å²) >= 11 is 2.02. The van der Waals surface area contributed by atoms with Crippen molar-refractivity contribution in [2.75, 3.05) is 12.4 Å². The van der Waals surface area contributed by atoms with Gasteiger partial charge in [-0.15, -0.1) is 11.8 Å². The number of thioether (sulfide) groups is 1. The molecule has 0 radical (unpaired) electrons. The summed E-state index contributed by atoms with van der Waals surface area (Å²) in [7, 11) is 0. The minimum atomic E-state index is -0.363. The zero-order valence-electron chi connectivity index (χ0n) is 16.3. The number of fused-ring (bicyclic) bond motifs is 1. The molecule has 0 aliphatic heterocycles. The standard InChI is InChI=1S/C24H31NOS/c1-17-4-2-3-5-23(17)27-15-18-6-7-20-13-21(9-8-19(20)12-18)22-10-11-24(25,14-22)16-26/h2-5,8-9,13,18,22,26H,6-7,10-12,14-16,25H2,1H3/t18-,22+,24-/m1/s1. The smallest absolute Gasteiger partial charge is 0.0611 e. The van der Waals surface area contributed by atoms with Gasteiger partial charge in [-0.1, -0.05) is 36.4 Å². The van der Waals surface area contributed by atoms with Crippen LogP contribution >= 0.6 is 11.8 Å². The van der Waals surface area contributed by atoms with Crippen LogP contribution in [0.15, 0.2) is 47.4 Å². The average molecular weight is 382 g/mol. The molecule has 1 fully saturated rings. The van der Waals surface area contributed by atoms with E-state index in [1.165, 1.54) is 41.0 Å². The van der Waals surface area contributed by atoms with E-state index in [4.69, 9.17) is 5.73 Å². The Labute approximate surface area is 167 Å². The van der Waals surface area contributed by atoms with Crippen LogP contribution in [0.5, 0.6) is 0 Å². The highest BCUT2D eigenvalue weighted by Crippen LogP contribution is 2.41. The molecule has 2 aromatic rings. The number of aliphatic hydroxyl groups is 1. The molecule has 2 aliphatic rings. The van der Waals surface area contributed by atoms with Crippen molar-refractivity contribution in [3.8, 4) is 0 Å². The number of hydrogen-bond acceptors (Lipinski definition) is 3. The Morgan fingerprint density at radius 3 is 2.78 bits per heavy atom. The van der Waals surface area contributed by atoms with Crippen LogP contribution < -0.4 is 5.73 Å². The molecule has 2 nitrogen and oxygen atoms in total. The largest absolute Gasteiger partial charge is 0.394 e. The molecule has 0 spiro atoms. The second-order valence-electron chi connectivity index (χ2n) is 8.67. The first-order valence-electron chi connectivity index (χ1n) is 10.3. The van der Waals surface area contributed by atoms with Gasteiger partial charge < -0.3 is 10.8 Å². The van der Waals surface area contributed by atoms with Crippen LogP contribution in [-0.2, 0) is 12.8 Å². The lowest BCUT2D eigenvalue weighted by Gasteiger charge is -2.26. The van der Waals surface area contributed by atoms with E-state index in [-0.39, 0.29) is 12.1 Å². The Morgan fingerprint density at radius 1 is 1.15 bits per heavy atom. The van der Waals surface area contributed by atoms with E-state index in [1.54, 1.807) is 11.1 Å². The van der Waals surface area contributed by atoms with Gasteiger partial charge in [0.2, 0.25) is 0 Å². The fourth-order valence-corrected chi connectivity index (χ4v) is 5.93. The molecule has 4 rings (SSSR count). The van der Waals surface area contributed by atoms with Crippen LogP contribution in [0.2, 0.25) is 0 Å². The molecule has 0 saturated heterocycles. The van der Waals surface area contributed by atoms with Gasteiger partial charge in [0.05, 0.1) is 6.61 Å². The highest BCUT2D eigenvalue weighted by Gasteiger charge is 2.36. The minimum Gasteiger partial charge on any atom is -0.394 e. The zero-order valence-corrected chi connectivity index (χ0v) is 17.1. The SMILES string of the molecule is Cc1ccccc1SC[C@@H]1CCc2cc([C@H]3CC[C@](N)(CO)C3)ccc2C1. The number of aryl methyl sites for hydroxylation is 2. The maximum atomic E-state index is 9.53. The number of hydrogen-bond donors (Lipinski definition) is 2.